The van der Waals surface area contributed by atoms with Gasteiger partial charge in [0.2, 0.25) is 15.9 Å². The minimum atomic E-state index is -3.78. The van der Waals surface area contributed by atoms with E-state index in [9.17, 15) is 13.2 Å². The Morgan fingerprint density at radius 1 is 1.12 bits per heavy atom. The third kappa shape index (κ3) is 5.90. The maximum Gasteiger partial charge on any atom is 0.243 e. The summed E-state index contributed by atoms with van der Waals surface area (Å²) in [7, 11) is -0.674. The molecule has 1 heterocycles. The fourth-order valence-electron chi connectivity index (χ4n) is 3.76. The third-order valence-electron chi connectivity index (χ3n) is 5.51. The maximum atomic E-state index is 13.2. The van der Waals surface area contributed by atoms with Crippen LogP contribution in [-0.4, -0.2) is 52.5 Å². The van der Waals surface area contributed by atoms with Crippen LogP contribution in [0.5, 0.6) is 17.2 Å². The second kappa shape index (κ2) is 11.1. The van der Waals surface area contributed by atoms with E-state index in [0.29, 0.717) is 49.8 Å². The van der Waals surface area contributed by atoms with Crippen molar-refractivity contribution < 1.29 is 27.4 Å². The van der Waals surface area contributed by atoms with Gasteiger partial charge in [-0.05, 0) is 55.7 Å². The highest BCUT2D eigenvalue weighted by atomic mass is 35.5. The summed E-state index contributed by atoms with van der Waals surface area (Å²) >= 11 is 6.18. The SMILES string of the molecule is CCOc1ccc(S(=O)(=O)N2CCC[C@H](C(=O)NCc3ccc(OC)c(OC)c3)C2)cc1Cl. The fraction of sp³-hybridized carbons (Fsp3) is 0.435. The predicted molar refractivity (Wildman–Crippen MR) is 125 cm³/mol. The molecular weight excluding hydrogens is 468 g/mol. The Morgan fingerprint density at radius 3 is 2.52 bits per heavy atom. The summed E-state index contributed by atoms with van der Waals surface area (Å²) < 4.78 is 43.6. The summed E-state index contributed by atoms with van der Waals surface area (Å²) in [6.07, 6.45) is 1.21. The highest BCUT2D eigenvalue weighted by Gasteiger charge is 2.33. The normalized spacial score (nSPS) is 16.8. The molecule has 3 rings (SSSR count). The van der Waals surface area contributed by atoms with Gasteiger partial charge in [0, 0.05) is 19.6 Å². The molecule has 0 bridgehead atoms. The van der Waals surface area contributed by atoms with E-state index in [1.54, 1.807) is 32.4 Å². The number of rotatable bonds is 9. The zero-order valence-corrected chi connectivity index (χ0v) is 20.5. The zero-order valence-electron chi connectivity index (χ0n) is 19.0. The second-order valence-electron chi connectivity index (χ2n) is 7.63. The van der Waals surface area contributed by atoms with Crippen LogP contribution in [0, 0.1) is 5.92 Å². The van der Waals surface area contributed by atoms with Gasteiger partial charge >= 0.3 is 0 Å². The number of amides is 1. The number of benzene rings is 2. The van der Waals surface area contributed by atoms with Gasteiger partial charge in [0.25, 0.3) is 0 Å². The summed E-state index contributed by atoms with van der Waals surface area (Å²) in [5.74, 6) is 0.994. The zero-order chi connectivity index (χ0) is 24.0. The molecule has 10 heteroatoms. The highest BCUT2D eigenvalue weighted by molar-refractivity contribution is 7.89. The number of halogens is 1. The number of methoxy groups -OCH3 is 2. The second-order valence-corrected chi connectivity index (χ2v) is 9.98. The number of hydrogen-bond donors (Lipinski definition) is 1. The molecule has 2 aromatic carbocycles. The molecule has 33 heavy (non-hydrogen) atoms. The molecule has 0 aromatic heterocycles. The Balaban J connectivity index is 1.66. The van der Waals surface area contributed by atoms with Crippen molar-refractivity contribution in [2.45, 2.75) is 31.2 Å². The molecule has 2 aromatic rings. The summed E-state index contributed by atoms with van der Waals surface area (Å²) in [6, 6.07) is 9.84. The Kier molecular flexibility index (Phi) is 8.45. The minimum absolute atomic E-state index is 0.0855. The maximum absolute atomic E-state index is 13.2. The van der Waals surface area contributed by atoms with Crippen LogP contribution in [-0.2, 0) is 21.4 Å². The van der Waals surface area contributed by atoms with Gasteiger partial charge in [-0.3, -0.25) is 4.79 Å². The fourth-order valence-corrected chi connectivity index (χ4v) is 5.61. The molecular formula is C23H29ClN2O6S. The van der Waals surface area contributed by atoms with E-state index in [1.807, 2.05) is 13.0 Å². The third-order valence-corrected chi connectivity index (χ3v) is 7.67. The van der Waals surface area contributed by atoms with Crippen LogP contribution >= 0.6 is 11.6 Å². The van der Waals surface area contributed by atoms with Crippen LogP contribution < -0.4 is 19.5 Å². The first-order valence-electron chi connectivity index (χ1n) is 10.7. The Hall–Kier alpha value is -2.49. The molecule has 8 nitrogen and oxygen atoms in total. The number of sulfonamides is 1. The van der Waals surface area contributed by atoms with Crippen molar-refractivity contribution in [3.63, 3.8) is 0 Å². The van der Waals surface area contributed by atoms with Gasteiger partial charge in [-0.25, -0.2) is 8.42 Å². The molecule has 0 spiro atoms. The standard InChI is InChI=1S/C23H29ClN2O6S/c1-4-32-20-10-8-18(13-19(20)24)33(28,29)26-11-5-6-17(15-26)23(27)25-14-16-7-9-21(30-2)22(12-16)31-3/h7-10,12-13,17H,4-6,11,14-15H2,1-3H3,(H,25,27)/t17-/m0/s1. The number of nitrogens with zero attached hydrogens (tertiary/aromatic N) is 1. The monoisotopic (exact) mass is 496 g/mol. The lowest BCUT2D eigenvalue weighted by Crippen LogP contribution is -2.45. The lowest BCUT2D eigenvalue weighted by molar-refractivity contribution is -0.126. The van der Waals surface area contributed by atoms with Gasteiger partial charge in [-0.2, -0.15) is 4.31 Å². The quantitative estimate of drug-likeness (QED) is 0.571. The van der Waals surface area contributed by atoms with Gasteiger partial charge < -0.3 is 19.5 Å². The first-order chi connectivity index (χ1) is 15.8. The Morgan fingerprint density at radius 2 is 1.85 bits per heavy atom. The van der Waals surface area contributed by atoms with E-state index in [2.05, 4.69) is 5.32 Å². The largest absolute Gasteiger partial charge is 0.493 e. The summed E-state index contributed by atoms with van der Waals surface area (Å²) in [6.45, 7) is 3.03. The van der Waals surface area contributed by atoms with Gasteiger partial charge in [-0.15, -0.1) is 0 Å². The van der Waals surface area contributed by atoms with Crippen molar-refractivity contribution in [1.29, 1.82) is 0 Å². The van der Waals surface area contributed by atoms with E-state index in [0.717, 1.165) is 5.56 Å². The van der Waals surface area contributed by atoms with E-state index in [4.69, 9.17) is 25.8 Å². The van der Waals surface area contributed by atoms with E-state index in [-0.39, 0.29) is 22.4 Å². The van der Waals surface area contributed by atoms with Gasteiger partial charge in [0.05, 0.1) is 36.7 Å². The van der Waals surface area contributed by atoms with Crippen LogP contribution in [0.4, 0.5) is 0 Å². The van der Waals surface area contributed by atoms with Crippen molar-refractivity contribution in [2.75, 3.05) is 33.9 Å². The molecule has 1 aliphatic rings. The molecule has 1 fully saturated rings. The number of ether oxygens (including phenoxy) is 3. The van der Waals surface area contributed by atoms with E-state index in [1.165, 1.54) is 16.4 Å². The van der Waals surface area contributed by atoms with Crippen LogP contribution in [0.3, 0.4) is 0 Å². The van der Waals surface area contributed by atoms with Crippen LogP contribution in [0.1, 0.15) is 25.3 Å². The Labute approximate surface area is 199 Å². The first kappa shape index (κ1) is 25.1. The number of hydrogen-bond acceptors (Lipinski definition) is 6. The number of piperidine rings is 1. The molecule has 1 atom stereocenters. The first-order valence-corrected chi connectivity index (χ1v) is 12.5. The molecule has 1 N–H and O–H groups in total. The Bertz CT molecular complexity index is 1090. The molecule has 1 saturated heterocycles. The average Bonchev–Trinajstić information content (AvgIpc) is 2.83. The predicted octanol–water partition coefficient (Wildman–Crippen LogP) is 3.47. The summed E-state index contributed by atoms with van der Waals surface area (Å²) in [5.41, 5.74) is 0.852. The van der Waals surface area contributed by atoms with Crippen molar-refractivity contribution in [3.8, 4) is 17.2 Å². The number of carbonyl (C=O) groups excluding carboxylic acids is 1. The minimum Gasteiger partial charge on any atom is -0.493 e. The van der Waals surface area contributed by atoms with E-state index >= 15 is 0 Å². The molecule has 1 aliphatic heterocycles. The van der Waals surface area contributed by atoms with Crippen molar-refractivity contribution in [1.82, 2.24) is 9.62 Å². The van der Waals surface area contributed by atoms with Crippen LogP contribution in [0.2, 0.25) is 5.02 Å². The average molecular weight is 497 g/mol. The molecule has 0 saturated carbocycles. The molecule has 1 amide bonds. The lowest BCUT2D eigenvalue weighted by atomic mass is 9.98. The molecule has 0 unspecified atom stereocenters. The van der Waals surface area contributed by atoms with Gasteiger partial charge in [-0.1, -0.05) is 17.7 Å². The van der Waals surface area contributed by atoms with Crippen LogP contribution in [0.15, 0.2) is 41.3 Å². The summed E-state index contributed by atoms with van der Waals surface area (Å²) in [4.78, 5) is 12.9. The van der Waals surface area contributed by atoms with Crippen molar-refractivity contribution in [2.24, 2.45) is 5.92 Å². The van der Waals surface area contributed by atoms with Crippen LogP contribution in [0.25, 0.3) is 0 Å². The van der Waals surface area contributed by atoms with Gasteiger partial charge in [0.15, 0.2) is 11.5 Å². The number of carbonyl (C=O) groups is 1. The highest BCUT2D eigenvalue weighted by Crippen LogP contribution is 2.31. The smallest absolute Gasteiger partial charge is 0.243 e. The van der Waals surface area contributed by atoms with Crippen molar-refractivity contribution >= 4 is 27.5 Å². The van der Waals surface area contributed by atoms with Crippen molar-refractivity contribution in [3.05, 3.63) is 47.0 Å². The molecule has 0 aliphatic carbocycles. The topological polar surface area (TPSA) is 94.2 Å². The molecule has 180 valence electrons. The lowest BCUT2D eigenvalue weighted by Gasteiger charge is -2.31. The van der Waals surface area contributed by atoms with Gasteiger partial charge in [0.1, 0.15) is 5.75 Å². The summed E-state index contributed by atoms with van der Waals surface area (Å²) in [5, 5.41) is 3.14. The molecule has 0 radical (unpaired) electrons. The number of nitrogens with one attached hydrogen (secondary N) is 1. The van der Waals surface area contributed by atoms with E-state index < -0.39 is 15.9 Å².